The lowest BCUT2D eigenvalue weighted by molar-refractivity contribution is -0.115. The lowest BCUT2D eigenvalue weighted by atomic mass is 10.1. The van der Waals surface area contributed by atoms with E-state index in [2.05, 4.69) is 10.3 Å². The number of benzene rings is 2. The van der Waals surface area contributed by atoms with Crippen molar-refractivity contribution >= 4 is 22.7 Å². The zero-order chi connectivity index (χ0) is 15.4. The SMILES string of the molecule is CCOc1ccc(NC(=O)Cc2ccc3ncoc3c2)cc1. The second kappa shape index (κ2) is 6.30. The summed E-state index contributed by atoms with van der Waals surface area (Å²) in [7, 11) is 0. The summed E-state index contributed by atoms with van der Waals surface area (Å²) in [6.45, 7) is 2.55. The molecule has 1 aromatic heterocycles. The number of rotatable bonds is 5. The largest absolute Gasteiger partial charge is 0.494 e. The Kier molecular flexibility index (Phi) is 4.05. The molecular weight excluding hydrogens is 280 g/mol. The van der Waals surface area contributed by atoms with Crippen LogP contribution in [0.25, 0.3) is 11.1 Å². The molecule has 0 aliphatic heterocycles. The molecule has 0 bridgehead atoms. The minimum absolute atomic E-state index is 0.0805. The van der Waals surface area contributed by atoms with Crippen molar-refractivity contribution in [2.24, 2.45) is 0 Å². The second-order valence-electron chi connectivity index (χ2n) is 4.84. The zero-order valence-corrected chi connectivity index (χ0v) is 12.2. The Bertz CT molecular complexity index is 778. The van der Waals surface area contributed by atoms with Gasteiger partial charge in [-0.25, -0.2) is 4.98 Å². The van der Waals surface area contributed by atoms with Gasteiger partial charge in [-0.15, -0.1) is 0 Å². The number of ether oxygens (including phenoxy) is 1. The Morgan fingerprint density at radius 3 is 2.82 bits per heavy atom. The molecule has 22 heavy (non-hydrogen) atoms. The van der Waals surface area contributed by atoms with Gasteiger partial charge >= 0.3 is 0 Å². The summed E-state index contributed by atoms with van der Waals surface area (Å²) in [5.74, 6) is 0.708. The Morgan fingerprint density at radius 2 is 2.05 bits per heavy atom. The number of nitrogens with zero attached hydrogens (tertiary/aromatic N) is 1. The van der Waals surface area contributed by atoms with Crippen LogP contribution in [0.15, 0.2) is 53.3 Å². The Balaban J connectivity index is 1.63. The Labute approximate surface area is 127 Å². The van der Waals surface area contributed by atoms with E-state index in [-0.39, 0.29) is 12.3 Å². The van der Waals surface area contributed by atoms with E-state index in [0.29, 0.717) is 12.2 Å². The first-order chi connectivity index (χ1) is 10.7. The number of oxazole rings is 1. The van der Waals surface area contributed by atoms with Crippen LogP contribution in [0, 0.1) is 0 Å². The van der Waals surface area contributed by atoms with E-state index in [9.17, 15) is 4.79 Å². The van der Waals surface area contributed by atoms with Gasteiger partial charge in [0.1, 0.15) is 11.3 Å². The van der Waals surface area contributed by atoms with E-state index in [4.69, 9.17) is 9.15 Å². The van der Waals surface area contributed by atoms with E-state index in [1.165, 1.54) is 6.39 Å². The van der Waals surface area contributed by atoms with Crippen molar-refractivity contribution in [2.45, 2.75) is 13.3 Å². The van der Waals surface area contributed by atoms with Crippen LogP contribution in [0.1, 0.15) is 12.5 Å². The molecule has 0 spiro atoms. The highest BCUT2D eigenvalue weighted by atomic mass is 16.5. The highest BCUT2D eigenvalue weighted by molar-refractivity contribution is 5.92. The average Bonchev–Trinajstić information content (AvgIpc) is 2.97. The molecule has 0 saturated carbocycles. The molecule has 0 fully saturated rings. The minimum Gasteiger partial charge on any atom is -0.494 e. The third kappa shape index (κ3) is 3.25. The summed E-state index contributed by atoms with van der Waals surface area (Å²) in [5, 5.41) is 2.86. The Hall–Kier alpha value is -2.82. The molecule has 0 aliphatic carbocycles. The average molecular weight is 296 g/mol. The summed E-state index contributed by atoms with van der Waals surface area (Å²) in [5.41, 5.74) is 3.10. The highest BCUT2D eigenvalue weighted by Crippen LogP contribution is 2.17. The maximum absolute atomic E-state index is 12.1. The molecule has 2 aromatic carbocycles. The van der Waals surface area contributed by atoms with Gasteiger partial charge in [0.15, 0.2) is 12.0 Å². The fraction of sp³-hybridized carbons (Fsp3) is 0.176. The third-order valence-corrected chi connectivity index (χ3v) is 3.21. The fourth-order valence-electron chi connectivity index (χ4n) is 2.20. The summed E-state index contributed by atoms with van der Waals surface area (Å²) in [6, 6.07) is 12.9. The van der Waals surface area contributed by atoms with E-state index < -0.39 is 0 Å². The maximum Gasteiger partial charge on any atom is 0.228 e. The zero-order valence-electron chi connectivity index (χ0n) is 12.2. The van der Waals surface area contributed by atoms with Crippen molar-refractivity contribution in [1.82, 2.24) is 4.98 Å². The number of fused-ring (bicyclic) bond motifs is 1. The van der Waals surface area contributed by atoms with Crippen molar-refractivity contribution in [3.05, 3.63) is 54.4 Å². The van der Waals surface area contributed by atoms with Crippen LogP contribution in [-0.4, -0.2) is 17.5 Å². The van der Waals surface area contributed by atoms with Gasteiger partial charge < -0.3 is 14.5 Å². The predicted molar refractivity (Wildman–Crippen MR) is 84.0 cm³/mol. The van der Waals surface area contributed by atoms with Crippen molar-refractivity contribution in [2.75, 3.05) is 11.9 Å². The van der Waals surface area contributed by atoms with E-state index in [0.717, 1.165) is 22.5 Å². The molecule has 3 rings (SSSR count). The molecule has 3 aromatic rings. The van der Waals surface area contributed by atoms with Crippen LogP contribution in [0.4, 0.5) is 5.69 Å². The number of nitrogens with one attached hydrogen (secondary N) is 1. The molecule has 0 atom stereocenters. The molecule has 5 heteroatoms. The number of anilines is 1. The Morgan fingerprint density at radius 1 is 1.23 bits per heavy atom. The first kappa shape index (κ1) is 14.1. The number of amides is 1. The summed E-state index contributed by atoms with van der Waals surface area (Å²) >= 11 is 0. The molecule has 0 aliphatic rings. The molecule has 1 heterocycles. The lowest BCUT2D eigenvalue weighted by Crippen LogP contribution is -2.14. The number of hydrogen-bond donors (Lipinski definition) is 1. The van der Waals surface area contributed by atoms with Crippen molar-refractivity contribution in [3.63, 3.8) is 0 Å². The standard InChI is InChI=1S/C17H16N2O3/c1-2-21-14-6-4-13(5-7-14)19-17(20)10-12-3-8-15-16(9-12)22-11-18-15/h3-9,11H,2,10H2,1H3,(H,19,20). The number of hydrogen-bond acceptors (Lipinski definition) is 4. The molecule has 5 nitrogen and oxygen atoms in total. The van der Waals surface area contributed by atoms with Crippen LogP contribution in [0.5, 0.6) is 5.75 Å². The monoisotopic (exact) mass is 296 g/mol. The van der Waals surface area contributed by atoms with Gasteiger partial charge in [-0.3, -0.25) is 4.79 Å². The van der Waals surface area contributed by atoms with Crippen LogP contribution in [-0.2, 0) is 11.2 Å². The molecular formula is C17H16N2O3. The first-order valence-electron chi connectivity index (χ1n) is 7.09. The van der Waals surface area contributed by atoms with Gasteiger partial charge in [-0.1, -0.05) is 6.07 Å². The quantitative estimate of drug-likeness (QED) is 0.783. The van der Waals surface area contributed by atoms with Crippen molar-refractivity contribution in [3.8, 4) is 5.75 Å². The van der Waals surface area contributed by atoms with Crippen LogP contribution >= 0.6 is 0 Å². The minimum atomic E-state index is -0.0805. The topological polar surface area (TPSA) is 64.4 Å². The molecule has 0 unspecified atom stereocenters. The molecule has 0 saturated heterocycles. The molecule has 0 radical (unpaired) electrons. The van der Waals surface area contributed by atoms with Gasteiger partial charge in [0.2, 0.25) is 5.91 Å². The highest BCUT2D eigenvalue weighted by Gasteiger charge is 2.07. The van der Waals surface area contributed by atoms with E-state index >= 15 is 0 Å². The van der Waals surface area contributed by atoms with Crippen LogP contribution in [0.3, 0.4) is 0 Å². The van der Waals surface area contributed by atoms with Crippen molar-refractivity contribution in [1.29, 1.82) is 0 Å². The number of aromatic nitrogens is 1. The van der Waals surface area contributed by atoms with Crippen LogP contribution < -0.4 is 10.1 Å². The first-order valence-corrected chi connectivity index (χ1v) is 7.09. The van der Waals surface area contributed by atoms with Gasteiger partial charge in [0, 0.05) is 5.69 Å². The maximum atomic E-state index is 12.1. The smallest absolute Gasteiger partial charge is 0.228 e. The predicted octanol–water partition coefficient (Wildman–Crippen LogP) is 3.41. The number of carbonyl (C=O) groups is 1. The number of carbonyl (C=O) groups excluding carboxylic acids is 1. The van der Waals surface area contributed by atoms with Gasteiger partial charge in [0.25, 0.3) is 0 Å². The summed E-state index contributed by atoms with van der Waals surface area (Å²) < 4.78 is 10.6. The summed E-state index contributed by atoms with van der Waals surface area (Å²) in [6.07, 6.45) is 1.68. The van der Waals surface area contributed by atoms with Gasteiger partial charge in [-0.05, 0) is 48.9 Å². The fourth-order valence-corrected chi connectivity index (χ4v) is 2.20. The molecule has 112 valence electrons. The van der Waals surface area contributed by atoms with Crippen molar-refractivity contribution < 1.29 is 13.9 Å². The second-order valence-corrected chi connectivity index (χ2v) is 4.84. The third-order valence-electron chi connectivity index (χ3n) is 3.21. The van der Waals surface area contributed by atoms with Gasteiger partial charge in [-0.2, -0.15) is 0 Å². The summed E-state index contributed by atoms with van der Waals surface area (Å²) in [4.78, 5) is 16.1. The van der Waals surface area contributed by atoms with Crippen LogP contribution in [0.2, 0.25) is 0 Å². The lowest BCUT2D eigenvalue weighted by Gasteiger charge is -2.07. The normalized spacial score (nSPS) is 10.6. The van der Waals surface area contributed by atoms with E-state index in [1.807, 2.05) is 49.4 Å². The molecule has 1 N–H and O–H groups in total. The van der Waals surface area contributed by atoms with E-state index in [1.54, 1.807) is 0 Å². The van der Waals surface area contributed by atoms with Gasteiger partial charge in [0.05, 0.1) is 13.0 Å². The molecule has 1 amide bonds.